The molecular formula is C24H25ClN2O. The summed E-state index contributed by atoms with van der Waals surface area (Å²) in [5.41, 5.74) is 5.92. The van der Waals surface area contributed by atoms with Crippen LogP contribution < -0.4 is 4.90 Å². The number of amides is 1. The molecule has 3 aromatic rings. The molecule has 1 aliphatic carbocycles. The third-order valence-corrected chi connectivity index (χ3v) is 6.09. The number of aryl methyl sites for hydroxylation is 2. The van der Waals surface area contributed by atoms with Gasteiger partial charge in [-0.05, 0) is 74.4 Å². The number of nitrogens with zero attached hydrogens (tertiary/aromatic N) is 2. The number of hydrogen-bond acceptors (Lipinski definition) is 2. The quantitative estimate of drug-likeness (QED) is 0.545. The molecule has 1 aliphatic rings. The van der Waals surface area contributed by atoms with E-state index in [1.807, 2.05) is 37.3 Å². The molecule has 1 heterocycles. The number of pyridine rings is 1. The first kappa shape index (κ1) is 18.9. The summed E-state index contributed by atoms with van der Waals surface area (Å²) in [6.07, 6.45) is 5.27. The lowest BCUT2D eigenvalue weighted by atomic mass is 9.94. The van der Waals surface area contributed by atoms with E-state index in [1.165, 1.54) is 17.5 Å². The fraction of sp³-hybridized carbons (Fsp3) is 0.333. The zero-order valence-corrected chi connectivity index (χ0v) is 17.2. The lowest BCUT2D eigenvalue weighted by molar-refractivity contribution is 0.0988. The van der Waals surface area contributed by atoms with Crippen molar-refractivity contribution in [3.63, 3.8) is 0 Å². The lowest BCUT2D eigenvalue weighted by Gasteiger charge is -2.22. The summed E-state index contributed by atoms with van der Waals surface area (Å²) in [6, 6.07) is 13.9. The van der Waals surface area contributed by atoms with Crippen molar-refractivity contribution in [1.29, 1.82) is 0 Å². The summed E-state index contributed by atoms with van der Waals surface area (Å²) in [4.78, 5) is 19.9. The lowest BCUT2D eigenvalue weighted by Crippen LogP contribution is -2.30. The maximum Gasteiger partial charge on any atom is 0.258 e. The average Bonchev–Trinajstić information content (AvgIpc) is 2.74. The summed E-state index contributed by atoms with van der Waals surface area (Å²) in [6.45, 7) is 4.74. The number of aromatic nitrogens is 1. The van der Waals surface area contributed by atoms with Crippen molar-refractivity contribution in [3.8, 4) is 0 Å². The van der Waals surface area contributed by atoms with Gasteiger partial charge in [-0.3, -0.25) is 9.78 Å². The second-order valence-electron chi connectivity index (χ2n) is 7.36. The molecule has 0 atom stereocenters. The molecule has 28 heavy (non-hydrogen) atoms. The van der Waals surface area contributed by atoms with E-state index < -0.39 is 0 Å². The van der Waals surface area contributed by atoms with Gasteiger partial charge in [0.2, 0.25) is 0 Å². The van der Waals surface area contributed by atoms with Crippen molar-refractivity contribution >= 4 is 34.1 Å². The Bertz CT molecular complexity index is 1030. The van der Waals surface area contributed by atoms with Crippen LogP contribution in [0, 0.1) is 0 Å². The number of fused-ring (bicyclic) bond motifs is 2. The van der Waals surface area contributed by atoms with Gasteiger partial charge in [-0.15, -0.1) is 0 Å². The molecule has 0 fully saturated rings. The van der Waals surface area contributed by atoms with Crippen molar-refractivity contribution in [2.75, 3.05) is 11.4 Å². The third kappa shape index (κ3) is 3.40. The molecule has 144 valence electrons. The molecule has 4 heteroatoms. The smallest absolute Gasteiger partial charge is 0.258 e. The van der Waals surface area contributed by atoms with E-state index in [1.54, 1.807) is 4.90 Å². The highest BCUT2D eigenvalue weighted by atomic mass is 35.5. The zero-order valence-electron chi connectivity index (χ0n) is 16.5. The third-order valence-electron chi connectivity index (χ3n) is 5.66. The Kier molecular flexibility index (Phi) is 5.36. The summed E-state index contributed by atoms with van der Waals surface area (Å²) in [5, 5.41) is 1.75. The minimum Gasteiger partial charge on any atom is -0.309 e. The van der Waals surface area contributed by atoms with E-state index in [4.69, 9.17) is 16.6 Å². The fourth-order valence-corrected chi connectivity index (χ4v) is 4.37. The van der Waals surface area contributed by atoms with Crippen molar-refractivity contribution in [3.05, 3.63) is 69.9 Å². The van der Waals surface area contributed by atoms with E-state index in [2.05, 4.69) is 19.1 Å². The Morgan fingerprint density at radius 3 is 2.54 bits per heavy atom. The Morgan fingerprint density at radius 2 is 1.82 bits per heavy atom. The van der Waals surface area contributed by atoms with Crippen molar-refractivity contribution in [1.82, 2.24) is 4.98 Å². The maximum absolute atomic E-state index is 13.2. The van der Waals surface area contributed by atoms with Crippen LogP contribution in [0.15, 0.2) is 42.5 Å². The summed E-state index contributed by atoms with van der Waals surface area (Å²) < 4.78 is 0. The first-order valence-electron chi connectivity index (χ1n) is 10.1. The largest absolute Gasteiger partial charge is 0.309 e. The van der Waals surface area contributed by atoms with Gasteiger partial charge >= 0.3 is 0 Å². The molecular weight excluding hydrogens is 368 g/mol. The van der Waals surface area contributed by atoms with E-state index >= 15 is 0 Å². The number of rotatable bonds is 4. The highest BCUT2D eigenvalue weighted by Crippen LogP contribution is 2.33. The Balaban J connectivity index is 1.71. The van der Waals surface area contributed by atoms with Crippen LogP contribution in [-0.2, 0) is 19.3 Å². The number of carbonyl (C=O) groups is 1. The molecule has 0 saturated carbocycles. The van der Waals surface area contributed by atoms with Crippen LogP contribution in [0.5, 0.6) is 0 Å². The molecule has 2 aromatic carbocycles. The highest BCUT2D eigenvalue weighted by Gasteiger charge is 2.20. The van der Waals surface area contributed by atoms with Gasteiger partial charge in [-0.25, -0.2) is 0 Å². The van der Waals surface area contributed by atoms with Gasteiger partial charge in [0.25, 0.3) is 5.91 Å². The Labute approximate surface area is 171 Å². The summed E-state index contributed by atoms with van der Waals surface area (Å²) in [5.74, 6) is -0.00992. The summed E-state index contributed by atoms with van der Waals surface area (Å²) in [7, 11) is 0. The van der Waals surface area contributed by atoms with Crippen LogP contribution >= 0.6 is 11.6 Å². The standard InChI is InChI=1S/C24H25ClN2O/c1-3-16-9-12-18(13-10-16)27(4-2)24(28)17-11-14-20-22(15-17)26-21-8-6-5-7-19(21)23(20)25/h9-15H,3-8H2,1-2H3. The van der Waals surface area contributed by atoms with Crippen LogP contribution in [0.1, 0.15) is 53.9 Å². The molecule has 0 unspecified atom stereocenters. The van der Waals surface area contributed by atoms with Gasteiger partial charge in [0, 0.05) is 28.9 Å². The first-order valence-corrected chi connectivity index (χ1v) is 10.5. The predicted octanol–water partition coefficient (Wildman–Crippen LogP) is 6.00. The SMILES string of the molecule is CCc1ccc(N(CC)C(=O)c2ccc3c(Cl)c4c(nc3c2)CCCC4)cc1. The molecule has 1 aromatic heterocycles. The van der Waals surface area contributed by atoms with E-state index in [9.17, 15) is 4.79 Å². The average molecular weight is 393 g/mol. The summed E-state index contributed by atoms with van der Waals surface area (Å²) >= 11 is 6.67. The maximum atomic E-state index is 13.2. The van der Waals surface area contributed by atoms with E-state index in [-0.39, 0.29) is 5.91 Å². The Hall–Kier alpha value is -2.39. The highest BCUT2D eigenvalue weighted by molar-refractivity contribution is 6.36. The van der Waals surface area contributed by atoms with Gasteiger partial charge in [-0.2, -0.15) is 0 Å². The molecule has 0 spiro atoms. The molecule has 0 radical (unpaired) electrons. The first-order chi connectivity index (χ1) is 13.6. The van der Waals surface area contributed by atoms with E-state index in [0.717, 1.165) is 53.0 Å². The normalized spacial score (nSPS) is 13.4. The number of benzene rings is 2. The van der Waals surface area contributed by atoms with E-state index in [0.29, 0.717) is 12.1 Å². The molecule has 0 saturated heterocycles. The van der Waals surface area contributed by atoms with Crippen LogP contribution in [0.4, 0.5) is 5.69 Å². The minimum atomic E-state index is -0.00992. The molecule has 4 rings (SSSR count). The minimum absolute atomic E-state index is 0.00992. The number of hydrogen-bond donors (Lipinski definition) is 0. The molecule has 0 bridgehead atoms. The van der Waals surface area contributed by atoms with Crippen LogP contribution in [0.2, 0.25) is 5.02 Å². The second-order valence-corrected chi connectivity index (χ2v) is 7.74. The topological polar surface area (TPSA) is 33.2 Å². The van der Waals surface area contributed by atoms with Crippen LogP contribution in [-0.4, -0.2) is 17.4 Å². The van der Waals surface area contributed by atoms with Crippen LogP contribution in [0.25, 0.3) is 10.9 Å². The van der Waals surface area contributed by atoms with Gasteiger partial charge < -0.3 is 4.90 Å². The number of anilines is 1. The van der Waals surface area contributed by atoms with Gasteiger partial charge in [-0.1, -0.05) is 36.7 Å². The van der Waals surface area contributed by atoms with Crippen molar-refractivity contribution < 1.29 is 4.79 Å². The number of halogens is 1. The van der Waals surface area contributed by atoms with Gasteiger partial charge in [0.1, 0.15) is 0 Å². The Morgan fingerprint density at radius 1 is 1.07 bits per heavy atom. The van der Waals surface area contributed by atoms with Crippen molar-refractivity contribution in [2.24, 2.45) is 0 Å². The predicted molar refractivity (Wildman–Crippen MR) is 117 cm³/mol. The molecule has 0 aliphatic heterocycles. The van der Waals surface area contributed by atoms with Crippen molar-refractivity contribution in [2.45, 2.75) is 46.0 Å². The van der Waals surface area contributed by atoms with Gasteiger partial charge in [0.15, 0.2) is 0 Å². The van der Waals surface area contributed by atoms with Gasteiger partial charge in [0.05, 0.1) is 10.5 Å². The zero-order chi connectivity index (χ0) is 19.7. The van der Waals surface area contributed by atoms with Crippen LogP contribution in [0.3, 0.4) is 0 Å². The fourth-order valence-electron chi connectivity index (χ4n) is 4.01. The second kappa shape index (κ2) is 7.92. The number of carbonyl (C=O) groups excluding carboxylic acids is 1. The molecule has 3 nitrogen and oxygen atoms in total. The monoisotopic (exact) mass is 392 g/mol. The molecule has 0 N–H and O–H groups in total. The molecule has 1 amide bonds.